The van der Waals surface area contributed by atoms with E-state index in [1.165, 1.54) is 0 Å². The number of amides is 1. The molecule has 16 heavy (non-hydrogen) atoms. The Morgan fingerprint density at radius 2 is 2.00 bits per heavy atom. The number of carbonyl (C=O) groups excluding carboxylic acids is 1. The fourth-order valence-corrected chi connectivity index (χ4v) is 1.44. The van der Waals surface area contributed by atoms with Crippen LogP contribution >= 0.6 is 0 Å². The molecule has 0 rings (SSSR count). The Bertz CT molecular complexity index is 231. The standard InChI is InChI=1S/C11H22N2O3/c1-3-4-9(11(15)16)7-13-10(14)8(2)5-6-12/h8-9H,3-7,12H2,1-2H3,(H,13,14)(H,15,16). The first-order valence-electron chi connectivity index (χ1n) is 5.73. The topological polar surface area (TPSA) is 92.4 Å². The van der Waals surface area contributed by atoms with Crippen LogP contribution in [0.1, 0.15) is 33.1 Å². The van der Waals surface area contributed by atoms with Crippen molar-refractivity contribution >= 4 is 11.9 Å². The molecule has 0 aromatic rings. The number of hydrogen-bond donors (Lipinski definition) is 3. The molecule has 0 saturated heterocycles. The van der Waals surface area contributed by atoms with Gasteiger partial charge >= 0.3 is 5.97 Å². The van der Waals surface area contributed by atoms with Gasteiger partial charge in [0.05, 0.1) is 5.92 Å². The Morgan fingerprint density at radius 1 is 1.38 bits per heavy atom. The van der Waals surface area contributed by atoms with Gasteiger partial charge in [-0.05, 0) is 19.4 Å². The summed E-state index contributed by atoms with van der Waals surface area (Å²) < 4.78 is 0. The van der Waals surface area contributed by atoms with Gasteiger partial charge in [-0.15, -0.1) is 0 Å². The largest absolute Gasteiger partial charge is 0.481 e. The van der Waals surface area contributed by atoms with Crippen molar-refractivity contribution in [3.05, 3.63) is 0 Å². The molecule has 0 saturated carbocycles. The van der Waals surface area contributed by atoms with Crippen molar-refractivity contribution in [1.29, 1.82) is 0 Å². The van der Waals surface area contributed by atoms with Crippen molar-refractivity contribution in [1.82, 2.24) is 5.32 Å². The Balaban J connectivity index is 4.00. The smallest absolute Gasteiger partial charge is 0.308 e. The maximum absolute atomic E-state index is 11.5. The first-order valence-corrected chi connectivity index (χ1v) is 5.73. The second-order valence-corrected chi connectivity index (χ2v) is 4.05. The summed E-state index contributed by atoms with van der Waals surface area (Å²) in [6.07, 6.45) is 2.00. The van der Waals surface area contributed by atoms with Gasteiger partial charge in [0.1, 0.15) is 0 Å². The summed E-state index contributed by atoms with van der Waals surface area (Å²) in [4.78, 5) is 22.3. The van der Waals surface area contributed by atoms with E-state index in [0.29, 0.717) is 19.4 Å². The minimum atomic E-state index is -0.853. The van der Waals surface area contributed by atoms with Crippen LogP contribution in [0.5, 0.6) is 0 Å². The Morgan fingerprint density at radius 3 is 2.44 bits per heavy atom. The summed E-state index contributed by atoms with van der Waals surface area (Å²) in [7, 11) is 0. The first-order chi connectivity index (χ1) is 7.52. The second kappa shape index (κ2) is 8.10. The third kappa shape index (κ3) is 5.70. The fourth-order valence-electron chi connectivity index (χ4n) is 1.44. The predicted octanol–water partition coefficient (Wildman–Crippen LogP) is 0.588. The average molecular weight is 230 g/mol. The van der Waals surface area contributed by atoms with Gasteiger partial charge in [-0.25, -0.2) is 0 Å². The summed E-state index contributed by atoms with van der Waals surface area (Å²) in [5.74, 6) is -1.61. The molecule has 0 spiro atoms. The number of hydrogen-bond acceptors (Lipinski definition) is 3. The van der Waals surface area contributed by atoms with Crippen LogP contribution < -0.4 is 11.1 Å². The van der Waals surface area contributed by atoms with Gasteiger partial charge in [-0.1, -0.05) is 20.3 Å². The average Bonchev–Trinajstić information content (AvgIpc) is 2.23. The monoisotopic (exact) mass is 230 g/mol. The van der Waals surface area contributed by atoms with Crippen molar-refractivity contribution in [2.24, 2.45) is 17.6 Å². The van der Waals surface area contributed by atoms with Crippen LogP contribution in [0.15, 0.2) is 0 Å². The van der Waals surface area contributed by atoms with Crippen LogP contribution in [0.25, 0.3) is 0 Å². The highest BCUT2D eigenvalue weighted by molar-refractivity contribution is 5.79. The molecule has 0 aromatic heterocycles. The number of aliphatic carboxylic acids is 1. The SMILES string of the molecule is CCCC(CNC(=O)C(C)CCN)C(=O)O. The Kier molecular flexibility index (Phi) is 7.54. The van der Waals surface area contributed by atoms with E-state index in [4.69, 9.17) is 10.8 Å². The lowest BCUT2D eigenvalue weighted by atomic mass is 10.0. The summed E-state index contributed by atoms with van der Waals surface area (Å²) in [6.45, 7) is 4.38. The number of carbonyl (C=O) groups is 2. The van der Waals surface area contributed by atoms with Crippen molar-refractivity contribution in [3.8, 4) is 0 Å². The van der Waals surface area contributed by atoms with E-state index in [1.54, 1.807) is 6.92 Å². The van der Waals surface area contributed by atoms with E-state index < -0.39 is 11.9 Å². The molecule has 94 valence electrons. The molecule has 1 amide bonds. The number of carboxylic acids is 1. The Labute approximate surface area is 96.4 Å². The van der Waals surface area contributed by atoms with Crippen LogP contribution in [-0.2, 0) is 9.59 Å². The van der Waals surface area contributed by atoms with Gasteiger partial charge in [-0.3, -0.25) is 9.59 Å². The second-order valence-electron chi connectivity index (χ2n) is 4.05. The van der Waals surface area contributed by atoms with E-state index in [0.717, 1.165) is 6.42 Å². The van der Waals surface area contributed by atoms with Crippen molar-refractivity contribution in [2.45, 2.75) is 33.1 Å². The van der Waals surface area contributed by atoms with Crippen LogP contribution in [0.3, 0.4) is 0 Å². The van der Waals surface area contributed by atoms with E-state index in [1.807, 2.05) is 6.92 Å². The first kappa shape index (κ1) is 14.9. The van der Waals surface area contributed by atoms with Gasteiger partial charge in [0.15, 0.2) is 0 Å². The van der Waals surface area contributed by atoms with Crippen LogP contribution in [-0.4, -0.2) is 30.1 Å². The molecule has 0 heterocycles. The van der Waals surface area contributed by atoms with E-state index in [9.17, 15) is 9.59 Å². The van der Waals surface area contributed by atoms with E-state index in [-0.39, 0.29) is 18.4 Å². The van der Waals surface area contributed by atoms with E-state index in [2.05, 4.69) is 5.32 Å². The lowest BCUT2D eigenvalue weighted by Crippen LogP contribution is -2.36. The third-order valence-electron chi connectivity index (χ3n) is 2.56. The molecule has 0 aliphatic heterocycles. The molecule has 4 N–H and O–H groups in total. The minimum absolute atomic E-state index is 0.118. The van der Waals surface area contributed by atoms with Crippen LogP contribution in [0, 0.1) is 11.8 Å². The van der Waals surface area contributed by atoms with Gasteiger partial charge in [-0.2, -0.15) is 0 Å². The van der Waals surface area contributed by atoms with Crippen molar-refractivity contribution < 1.29 is 14.7 Å². The molecule has 2 unspecified atom stereocenters. The summed E-state index contributed by atoms with van der Waals surface area (Å²) in [5.41, 5.74) is 5.34. The molecule has 2 atom stereocenters. The lowest BCUT2D eigenvalue weighted by molar-refractivity contribution is -0.142. The molecule has 0 aliphatic carbocycles. The predicted molar refractivity (Wildman–Crippen MR) is 61.9 cm³/mol. The van der Waals surface area contributed by atoms with Crippen LogP contribution in [0.2, 0.25) is 0 Å². The zero-order valence-electron chi connectivity index (χ0n) is 10.0. The van der Waals surface area contributed by atoms with E-state index >= 15 is 0 Å². The highest BCUT2D eigenvalue weighted by Crippen LogP contribution is 2.06. The lowest BCUT2D eigenvalue weighted by Gasteiger charge is -2.15. The Hall–Kier alpha value is -1.10. The molecule has 0 bridgehead atoms. The molecular formula is C11H22N2O3. The number of nitrogens with one attached hydrogen (secondary N) is 1. The molecule has 0 aliphatic rings. The van der Waals surface area contributed by atoms with Crippen LogP contribution in [0.4, 0.5) is 0 Å². The summed E-state index contributed by atoms with van der Waals surface area (Å²) >= 11 is 0. The zero-order valence-corrected chi connectivity index (χ0v) is 10.0. The highest BCUT2D eigenvalue weighted by Gasteiger charge is 2.18. The maximum atomic E-state index is 11.5. The van der Waals surface area contributed by atoms with Crippen molar-refractivity contribution in [2.75, 3.05) is 13.1 Å². The summed E-state index contributed by atoms with van der Waals surface area (Å²) in [5, 5.41) is 11.5. The molecule has 5 heteroatoms. The minimum Gasteiger partial charge on any atom is -0.481 e. The number of nitrogens with two attached hydrogens (primary N) is 1. The van der Waals surface area contributed by atoms with Gasteiger partial charge in [0.2, 0.25) is 5.91 Å². The molecular weight excluding hydrogens is 208 g/mol. The molecule has 0 fully saturated rings. The maximum Gasteiger partial charge on any atom is 0.308 e. The number of rotatable bonds is 8. The van der Waals surface area contributed by atoms with Gasteiger partial charge in [0, 0.05) is 12.5 Å². The summed E-state index contributed by atoms with van der Waals surface area (Å²) in [6, 6.07) is 0. The zero-order chi connectivity index (χ0) is 12.6. The van der Waals surface area contributed by atoms with Gasteiger partial charge in [0.25, 0.3) is 0 Å². The normalized spacial score (nSPS) is 14.2. The highest BCUT2D eigenvalue weighted by atomic mass is 16.4. The van der Waals surface area contributed by atoms with Crippen molar-refractivity contribution in [3.63, 3.8) is 0 Å². The number of carboxylic acid groups (broad SMARTS) is 1. The third-order valence-corrected chi connectivity index (χ3v) is 2.56. The quantitative estimate of drug-likeness (QED) is 0.569. The molecule has 0 radical (unpaired) electrons. The molecule has 0 aromatic carbocycles. The fraction of sp³-hybridized carbons (Fsp3) is 0.818. The van der Waals surface area contributed by atoms with Gasteiger partial charge < -0.3 is 16.2 Å². The molecule has 5 nitrogen and oxygen atoms in total.